The molecule has 0 aromatic rings. The first-order valence-corrected chi connectivity index (χ1v) is 41.8. The highest BCUT2D eigenvalue weighted by atomic mass is 31.2. The van der Waals surface area contributed by atoms with Gasteiger partial charge in [-0.2, -0.15) is 0 Å². The van der Waals surface area contributed by atoms with Crippen LogP contribution in [0.2, 0.25) is 0 Å². The number of phosphoric acid groups is 2. The van der Waals surface area contributed by atoms with Crippen molar-refractivity contribution in [2.45, 2.75) is 354 Å². The lowest BCUT2D eigenvalue weighted by atomic mass is 10.0. The van der Waals surface area contributed by atoms with Crippen LogP contribution in [0.4, 0.5) is 0 Å². The van der Waals surface area contributed by atoms with Gasteiger partial charge < -0.3 is 33.8 Å². The van der Waals surface area contributed by atoms with Crippen molar-refractivity contribution in [1.82, 2.24) is 0 Å². The lowest BCUT2D eigenvalue weighted by Crippen LogP contribution is -2.30. The van der Waals surface area contributed by atoms with E-state index in [1.54, 1.807) is 0 Å². The number of carbonyl (C=O) groups excluding carboxylic acids is 4. The first-order valence-electron chi connectivity index (χ1n) is 38.8. The molecular weight excluding hydrogens is 1280 g/mol. The maximum atomic E-state index is 13.1. The third-order valence-electron chi connectivity index (χ3n) is 16.4. The van der Waals surface area contributed by atoms with E-state index in [0.717, 1.165) is 148 Å². The van der Waals surface area contributed by atoms with Gasteiger partial charge in [-0.1, -0.05) is 299 Å². The summed E-state index contributed by atoms with van der Waals surface area (Å²) < 4.78 is 68.5. The number of ether oxygens (including phenoxy) is 4. The van der Waals surface area contributed by atoms with E-state index >= 15 is 0 Å². The maximum Gasteiger partial charge on any atom is 0.472 e. The second-order valence-electron chi connectivity index (χ2n) is 25.9. The maximum absolute atomic E-state index is 13.1. The third kappa shape index (κ3) is 70.7. The normalized spacial score (nSPS) is 14.4. The molecule has 0 aliphatic rings. The molecule has 0 aromatic carbocycles. The van der Waals surface area contributed by atoms with Gasteiger partial charge in [-0.3, -0.25) is 37.3 Å². The highest BCUT2D eigenvalue weighted by Crippen LogP contribution is 2.45. The van der Waals surface area contributed by atoms with Crippen LogP contribution in [0.5, 0.6) is 0 Å². The van der Waals surface area contributed by atoms with Gasteiger partial charge in [0.05, 0.1) is 26.4 Å². The van der Waals surface area contributed by atoms with Crippen LogP contribution in [0.3, 0.4) is 0 Å². The highest BCUT2D eigenvalue weighted by Gasteiger charge is 2.30. The number of rotatable bonds is 73. The number of hydrogen-bond acceptors (Lipinski definition) is 15. The Labute approximate surface area is 595 Å². The van der Waals surface area contributed by atoms with Gasteiger partial charge in [0, 0.05) is 25.7 Å². The molecule has 0 spiro atoms. The molecule has 0 saturated carbocycles. The lowest BCUT2D eigenvalue weighted by Gasteiger charge is -2.21. The number of phosphoric ester groups is 2. The standard InChI is InChI=1S/C79H140O17P2/c1-5-9-13-17-21-25-29-33-34-35-36-37-38-42-44-48-52-56-60-64-77(82)90-70-75(96-79(84)66-62-58-54-50-46-41-32-28-24-20-16-12-8-4)72-94-98(87,88)92-68-73(80)67-91-97(85,86)93-71-74(95-78(83)65-61-57-53-49-45-40-31-27-23-19-15-11-7-3)69-89-76(81)63-59-55-51-47-43-39-30-26-22-18-14-10-6-2/h9,13,16,20-21,25,28,32-34,36-37,42,44,73-75,80H,5-8,10-12,14-15,17-19,22-24,26-27,29-31,35,38-41,43,45-72H2,1-4H3,(H,85,86)(H,87,88)/b13-9-,20-16-,25-21-,32-28-,34-33-,37-36-,44-42-. The van der Waals surface area contributed by atoms with Gasteiger partial charge >= 0.3 is 39.5 Å². The number of aliphatic hydroxyl groups is 1. The Hall–Kier alpha value is -3.76. The van der Waals surface area contributed by atoms with Crippen molar-refractivity contribution in [2.75, 3.05) is 39.6 Å². The van der Waals surface area contributed by atoms with Crippen molar-refractivity contribution in [3.05, 3.63) is 85.1 Å². The lowest BCUT2D eigenvalue weighted by molar-refractivity contribution is -0.161. The van der Waals surface area contributed by atoms with Crippen molar-refractivity contribution in [3.63, 3.8) is 0 Å². The molecule has 0 aliphatic heterocycles. The Bertz CT molecular complexity index is 2190. The molecule has 17 nitrogen and oxygen atoms in total. The van der Waals surface area contributed by atoms with Gasteiger partial charge in [0.1, 0.15) is 19.3 Å². The van der Waals surface area contributed by atoms with Gasteiger partial charge in [0.2, 0.25) is 0 Å². The summed E-state index contributed by atoms with van der Waals surface area (Å²) >= 11 is 0. The molecule has 0 bridgehead atoms. The minimum atomic E-state index is -4.98. The molecule has 0 aliphatic carbocycles. The van der Waals surface area contributed by atoms with Crippen LogP contribution in [0.1, 0.15) is 336 Å². The van der Waals surface area contributed by atoms with Crippen LogP contribution in [-0.2, 0) is 65.4 Å². The van der Waals surface area contributed by atoms with Gasteiger partial charge in [0.25, 0.3) is 0 Å². The van der Waals surface area contributed by atoms with Crippen LogP contribution < -0.4 is 0 Å². The Morgan fingerprint density at radius 1 is 0.296 bits per heavy atom. The van der Waals surface area contributed by atoms with Crippen LogP contribution >= 0.6 is 15.6 Å². The van der Waals surface area contributed by atoms with Gasteiger partial charge in [-0.15, -0.1) is 0 Å². The SMILES string of the molecule is CC/C=C\C/C=C\C/C=C\C/C=C\C/C=C\CCCCCC(=O)OCC(COP(=O)(O)OCC(O)COP(=O)(O)OCC(COC(=O)CCCCCCCCCCCCCCC)OC(=O)CCCCCCCCCCCCCCC)OC(=O)CCCCCCC/C=C\C/C=C\CCC. The molecule has 19 heteroatoms. The fourth-order valence-corrected chi connectivity index (χ4v) is 12.0. The van der Waals surface area contributed by atoms with Crippen molar-refractivity contribution in [1.29, 1.82) is 0 Å². The summed E-state index contributed by atoms with van der Waals surface area (Å²) in [6, 6.07) is 0. The van der Waals surface area contributed by atoms with Gasteiger partial charge in [-0.05, 0) is 96.3 Å². The number of hydrogen-bond donors (Lipinski definition) is 3. The van der Waals surface area contributed by atoms with Crippen LogP contribution in [0.15, 0.2) is 85.1 Å². The summed E-state index contributed by atoms with van der Waals surface area (Å²) in [5.74, 6) is -2.20. The molecule has 5 unspecified atom stereocenters. The average molecular weight is 1420 g/mol. The van der Waals surface area contributed by atoms with Crippen molar-refractivity contribution >= 4 is 39.5 Å². The second-order valence-corrected chi connectivity index (χ2v) is 28.8. The average Bonchev–Trinajstić information content (AvgIpc) is 0.966. The zero-order valence-corrected chi connectivity index (χ0v) is 63.7. The Balaban J connectivity index is 5.34. The number of esters is 4. The summed E-state index contributed by atoms with van der Waals surface area (Å²) in [5.41, 5.74) is 0. The first kappa shape index (κ1) is 94.2. The molecule has 3 N–H and O–H groups in total. The summed E-state index contributed by atoms with van der Waals surface area (Å²) in [6.07, 6.45) is 72.8. The smallest absolute Gasteiger partial charge is 0.462 e. The van der Waals surface area contributed by atoms with E-state index in [4.69, 9.17) is 37.0 Å². The minimum Gasteiger partial charge on any atom is -0.462 e. The third-order valence-corrected chi connectivity index (χ3v) is 18.3. The zero-order valence-electron chi connectivity index (χ0n) is 62.0. The summed E-state index contributed by atoms with van der Waals surface area (Å²) in [7, 11) is -9.95. The molecule has 0 rings (SSSR count). The number of aliphatic hydroxyl groups excluding tert-OH is 1. The van der Waals surface area contributed by atoms with Gasteiger partial charge in [0.15, 0.2) is 12.2 Å². The quantitative estimate of drug-likeness (QED) is 0.0169. The molecule has 5 atom stereocenters. The Morgan fingerprint density at radius 3 is 0.867 bits per heavy atom. The molecule has 98 heavy (non-hydrogen) atoms. The van der Waals surface area contributed by atoms with E-state index in [9.17, 15) is 43.2 Å². The Morgan fingerprint density at radius 2 is 0.551 bits per heavy atom. The van der Waals surface area contributed by atoms with Crippen molar-refractivity contribution in [3.8, 4) is 0 Å². The molecule has 0 saturated heterocycles. The first-order chi connectivity index (χ1) is 47.7. The predicted molar refractivity (Wildman–Crippen MR) is 399 cm³/mol. The summed E-state index contributed by atoms with van der Waals surface area (Å²) in [4.78, 5) is 72.8. The van der Waals surface area contributed by atoms with E-state index in [0.29, 0.717) is 25.7 Å². The molecule has 0 fully saturated rings. The van der Waals surface area contributed by atoms with Crippen LogP contribution in [0.25, 0.3) is 0 Å². The van der Waals surface area contributed by atoms with E-state index in [1.807, 2.05) is 0 Å². The fraction of sp³-hybridized carbons (Fsp3) is 0.772. The summed E-state index contributed by atoms with van der Waals surface area (Å²) in [5, 5.41) is 10.6. The number of carbonyl (C=O) groups is 4. The molecule has 0 amide bonds. The van der Waals surface area contributed by atoms with E-state index in [2.05, 4.69) is 113 Å². The molecule has 568 valence electrons. The van der Waals surface area contributed by atoms with Crippen molar-refractivity contribution in [2.24, 2.45) is 0 Å². The highest BCUT2D eigenvalue weighted by molar-refractivity contribution is 7.47. The van der Waals surface area contributed by atoms with Gasteiger partial charge in [-0.25, -0.2) is 9.13 Å². The Kier molecular flexibility index (Phi) is 68.9. The largest absolute Gasteiger partial charge is 0.472 e. The predicted octanol–water partition coefficient (Wildman–Crippen LogP) is 22.2. The van der Waals surface area contributed by atoms with Crippen molar-refractivity contribution < 1.29 is 80.2 Å². The van der Waals surface area contributed by atoms with E-state index < -0.39 is 97.5 Å². The second kappa shape index (κ2) is 71.6. The fourth-order valence-electron chi connectivity index (χ4n) is 10.5. The zero-order chi connectivity index (χ0) is 71.8. The number of unbranched alkanes of at least 4 members (excludes halogenated alkanes) is 33. The van der Waals surface area contributed by atoms with E-state index in [1.165, 1.54) is 109 Å². The monoisotopic (exact) mass is 1420 g/mol. The molecular formula is C79H140O17P2. The molecule has 0 aromatic heterocycles. The number of allylic oxidation sites excluding steroid dienone is 14. The van der Waals surface area contributed by atoms with E-state index in [-0.39, 0.29) is 25.7 Å². The summed E-state index contributed by atoms with van der Waals surface area (Å²) in [6.45, 7) is 4.68. The van der Waals surface area contributed by atoms with Crippen LogP contribution in [0, 0.1) is 0 Å². The topological polar surface area (TPSA) is 237 Å². The van der Waals surface area contributed by atoms with Crippen LogP contribution in [-0.4, -0.2) is 96.7 Å². The molecule has 0 radical (unpaired) electrons. The minimum absolute atomic E-state index is 0.0720. The molecule has 0 heterocycles.